The summed E-state index contributed by atoms with van der Waals surface area (Å²) in [6, 6.07) is 0.574. The first-order chi connectivity index (χ1) is 9.74. The molecule has 0 spiro atoms. The largest absolute Gasteiger partial charge is 0.459 e. The van der Waals surface area contributed by atoms with Crippen LogP contribution in [0, 0.1) is 5.92 Å². The third kappa shape index (κ3) is 2.77. The molecule has 2 aliphatic rings. The van der Waals surface area contributed by atoms with Crippen LogP contribution >= 0.6 is 0 Å². The molecule has 1 aromatic rings. The Hall–Kier alpha value is -1.63. The summed E-state index contributed by atoms with van der Waals surface area (Å²) in [4.78, 5) is 18.2. The average molecular weight is 279 g/mol. The van der Waals surface area contributed by atoms with Crippen LogP contribution in [0.3, 0.4) is 0 Å². The number of piperidine rings is 2. The Morgan fingerprint density at radius 3 is 3.00 bits per heavy atom. The number of nitrogens with one attached hydrogen (secondary N) is 1. The van der Waals surface area contributed by atoms with Crippen molar-refractivity contribution >= 4 is 11.9 Å². The number of carbonyl (C=O) groups excluding carboxylic acids is 1. The van der Waals surface area contributed by atoms with Gasteiger partial charge >= 0.3 is 5.97 Å². The summed E-state index contributed by atoms with van der Waals surface area (Å²) < 4.78 is 5.37. The Morgan fingerprint density at radius 1 is 1.35 bits per heavy atom. The number of anilines is 1. The molecule has 2 atom stereocenters. The van der Waals surface area contributed by atoms with Crippen LogP contribution < -0.4 is 5.73 Å². The first-order valence-corrected chi connectivity index (χ1v) is 7.33. The van der Waals surface area contributed by atoms with Gasteiger partial charge in [0.15, 0.2) is 0 Å². The fourth-order valence-electron chi connectivity index (χ4n) is 3.39. The monoisotopic (exact) mass is 279 g/mol. The van der Waals surface area contributed by atoms with E-state index in [2.05, 4.69) is 20.1 Å². The molecule has 20 heavy (non-hydrogen) atoms. The van der Waals surface area contributed by atoms with Gasteiger partial charge in [-0.1, -0.05) is 6.42 Å². The third-order valence-corrected chi connectivity index (χ3v) is 4.35. The van der Waals surface area contributed by atoms with Gasteiger partial charge in [-0.2, -0.15) is 4.98 Å². The lowest BCUT2D eigenvalue weighted by molar-refractivity contribution is 0.00666. The van der Waals surface area contributed by atoms with Crippen molar-refractivity contribution in [1.29, 1.82) is 0 Å². The van der Waals surface area contributed by atoms with Crippen LogP contribution in [-0.4, -0.2) is 51.8 Å². The lowest BCUT2D eigenvalue weighted by Gasteiger charge is -2.44. The van der Waals surface area contributed by atoms with Crippen LogP contribution in [0.4, 0.5) is 5.95 Å². The average Bonchev–Trinajstić information content (AvgIpc) is 2.91. The SMILES string of the molecule is Nc1n[nH]c(C(=O)OCC2CCCN3CCCCC23)n1. The number of hydrogen-bond acceptors (Lipinski definition) is 6. The zero-order valence-corrected chi connectivity index (χ0v) is 11.5. The van der Waals surface area contributed by atoms with E-state index in [1.165, 1.54) is 38.8 Å². The van der Waals surface area contributed by atoms with Crippen molar-refractivity contribution in [2.45, 2.75) is 38.1 Å². The van der Waals surface area contributed by atoms with Gasteiger partial charge in [0, 0.05) is 12.0 Å². The molecule has 0 bridgehead atoms. The van der Waals surface area contributed by atoms with Gasteiger partial charge < -0.3 is 10.5 Å². The number of carbonyl (C=O) groups is 1. The van der Waals surface area contributed by atoms with E-state index >= 15 is 0 Å². The molecule has 2 unspecified atom stereocenters. The number of nitrogens with zero attached hydrogens (tertiary/aromatic N) is 3. The Morgan fingerprint density at radius 2 is 2.20 bits per heavy atom. The van der Waals surface area contributed by atoms with Crippen molar-refractivity contribution in [2.24, 2.45) is 5.92 Å². The molecule has 3 rings (SSSR count). The first-order valence-electron chi connectivity index (χ1n) is 7.33. The molecule has 0 aromatic carbocycles. The van der Waals surface area contributed by atoms with E-state index in [1.807, 2.05) is 0 Å². The summed E-state index contributed by atoms with van der Waals surface area (Å²) in [5.74, 6) is 0.113. The third-order valence-electron chi connectivity index (χ3n) is 4.35. The highest BCUT2D eigenvalue weighted by Crippen LogP contribution is 2.31. The zero-order chi connectivity index (χ0) is 13.9. The van der Waals surface area contributed by atoms with Gasteiger partial charge in [-0.25, -0.2) is 4.79 Å². The minimum absolute atomic E-state index is 0.0630. The fourth-order valence-corrected chi connectivity index (χ4v) is 3.39. The highest BCUT2D eigenvalue weighted by atomic mass is 16.5. The Balaban J connectivity index is 1.55. The van der Waals surface area contributed by atoms with E-state index in [-0.39, 0.29) is 11.8 Å². The van der Waals surface area contributed by atoms with E-state index in [9.17, 15) is 4.79 Å². The fraction of sp³-hybridized carbons (Fsp3) is 0.769. The maximum atomic E-state index is 11.8. The lowest BCUT2D eigenvalue weighted by atomic mass is 9.84. The van der Waals surface area contributed by atoms with Gasteiger partial charge in [0.05, 0.1) is 6.61 Å². The van der Waals surface area contributed by atoms with E-state index in [1.54, 1.807) is 0 Å². The van der Waals surface area contributed by atoms with Gasteiger partial charge in [-0.15, -0.1) is 5.10 Å². The lowest BCUT2D eigenvalue weighted by Crippen LogP contribution is -2.49. The molecule has 3 heterocycles. The van der Waals surface area contributed by atoms with Gasteiger partial charge in [0.2, 0.25) is 11.8 Å². The van der Waals surface area contributed by atoms with Crippen molar-refractivity contribution in [1.82, 2.24) is 20.1 Å². The summed E-state index contributed by atoms with van der Waals surface area (Å²) in [6.07, 6.45) is 6.11. The number of nitrogens with two attached hydrogens (primary N) is 1. The number of fused-ring (bicyclic) bond motifs is 1. The standard InChI is InChI=1S/C13H21N5O2/c14-13-15-11(16-17-13)12(19)20-8-9-4-3-7-18-6-2-1-5-10(9)18/h9-10H,1-8H2,(H3,14,15,16,17). The van der Waals surface area contributed by atoms with Crippen molar-refractivity contribution < 1.29 is 9.53 Å². The molecular formula is C13H21N5O2. The number of ether oxygens (including phenoxy) is 1. The Bertz CT molecular complexity index is 473. The molecule has 2 saturated heterocycles. The molecule has 0 aliphatic carbocycles. The van der Waals surface area contributed by atoms with Crippen LogP contribution in [0.25, 0.3) is 0 Å². The highest BCUT2D eigenvalue weighted by molar-refractivity contribution is 5.85. The van der Waals surface area contributed by atoms with E-state index in [0.29, 0.717) is 18.6 Å². The van der Waals surface area contributed by atoms with Crippen LogP contribution in [0.5, 0.6) is 0 Å². The normalized spacial score (nSPS) is 27.0. The Labute approximate surface area is 117 Å². The summed E-state index contributed by atoms with van der Waals surface area (Å²) in [5, 5.41) is 6.11. The summed E-state index contributed by atoms with van der Waals surface area (Å²) in [5.41, 5.74) is 5.37. The molecule has 2 fully saturated rings. The van der Waals surface area contributed by atoms with Crippen molar-refractivity contribution in [3.63, 3.8) is 0 Å². The van der Waals surface area contributed by atoms with Crippen LogP contribution in [-0.2, 0) is 4.74 Å². The first kappa shape index (κ1) is 13.4. The smallest absolute Gasteiger partial charge is 0.375 e. The number of nitrogen functional groups attached to an aromatic ring is 1. The summed E-state index contributed by atoms with van der Waals surface area (Å²) in [7, 11) is 0. The second kappa shape index (κ2) is 5.78. The van der Waals surface area contributed by atoms with Crippen LogP contribution in [0.2, 0.25) is 0 Å². The number of aromatic amines is 1. The number of rotatable bonds is 3. The van der Waals surface area contributed by atoms with Crippen molar-refractivity contribution in [3.8, 4) is 0 Å². The van der Waals surface area contributed by atoms with E-state index in [4.69, 9.17) is 10.5 Å². The number of aromatic nitrogens is 3. The topological polar surface area (TPSA) is 97.1 Å². The molecule has 7 heteroatoms. The minimum Gasteiger partial charge on any atom is -0.459 e. The minimum atomic E-state index is -0.470. The molecule has 110 valence electrons. The zero-order valence-electron chi connectivity index (χ0n) is 11.5. The van der Waals surface area contributed by atoms with Gasteiger partial charge in [-0.05, 0) is 38.8 Å². The summed E-state index contributed by atoms with van der Waals surface area (Å²) >= 11 is 0. The number of esters is 1. The molecular weight excluding hydrogens is 258 g/mol. The molecule has 0 radical (unpaired) electrons. The van der Waals surface area contributed by atoms with Gasteiger partial charge in [-0.3, -0.25) is 10.00 Å². The van der Waals surface area contributed by atoms with Gasteiger partial charge in [0.25, 0.3) is 0 Å². The maximum absolute atomic E-state index is 11.8. The van der Waals surface area contributed by atoms with Crippen molar-refractivity contribution in [2.75, 3.05) is 25.4 Å². The quantitative estimate of drug-likeness (QED) is 0.795. The number of hydrogen-bond donors (Lipinski definition) is 2. The predicted molar refractivity (Wildman–Crippen MR) is 73.0 cm³/mol. The second-order valence-electron chi connectivity index (χ2n) is 5.64. The van der Waals surface area contributed by atoms with Crippen molar-refractivity contribution in [3.05, 3.63) is 5.82 Å². The van der Waals surface area contributed by atoms with E-state index < -0.39 is 5.97 Å². The second-order valence-corrected chi connectivity index (χ2v) is 5.64. The van der Waals surface area contributed by atoms with Gasteiger partial charge in [0.1, 0.15) is 0 Å². The summed E-state index contributed by atoms with van der Waals surface area (Å²) in [6.45, 7) is 2.84. The Kier molecular flexibility index (Phi) is 3.86. The van der Waals surface area contributed by atoms with E-state index in [0.717, 1.165) is 6.42 Å². The predicted octanol–water partition coefficient (Wildman–Crippen LogP) is 0.808. The molecule has 1 aromatic heterocycles. The molecule has 3 N–H and O–H groups in total. The van der Waals surface area contributed by atoms with Crippen LogP contribution in [0.1, 0.15) is 42.7 Å². The molecule has 0 amide bonds. The maximum Gasteiger partial charge on any atom is 0.375 e. The molecule has 0 saturated carbocycles. The molecule has 7 nitrogen and oxygen atoms in total. The molecule has 2 aliphatic heterocycles. The highest BCUT2D eigenvalue weighted by Gasteiger charge is 2.33. The van der Waals surface area contributed by atoms with Crippen LogP contribution in [0.15, 0.2) is 0 Å². The number of H-pyrrole nitrogens is 1.